The van der Waals surface area contributed by atoms with Crippen molar-refractivity contribution in [2.24, 2.45) is 0 Å². The van der Waals surface area contributed by atoms with Crippen molar-refractivity contribution in [3.8, 4) is 0 Å². The second-order valence-corrected chi connectivity index (χ2v) is 5.66. The summed E-state index contributed by atoms with van der Waals surface area (Å²) in [6.07, 6.45) is 6.08. The van der Waals surface area contributed by atoms with Gasteiger partial charge in [0.1, 0.15) is 0 Å². The Bertz CT molecular complexity index is 447. The van der Waals surface area contributed by atoms with E-state index >= 15 is 0 Å². The third-order valence-corrected chi connectivity index (χ3v) is 4.44. The van der Waals surface area contributed by atoms with Crippen LogP contribution in [0.25, 0.3) is 0 Å². The lowest BCUT2D eigenvalue weighted by molar-refractivity contribution is 0.510. The van der Waals surface area contributed by atoms with E-state index in [-0.39, 0.29) is 0 Å². The van der Waals surface area contributed by atoms with Gasteiger partial charge in [0.2, 0.25) is 0 Å². The van der Waals surface area contributed by atoms with Crippen LogP contribution in [-0.2, 0) is 13.0 Å². The highest BCUT2D eigenvalue weighted by Gasteiger charge is 2.07. The average molecular weight is 263 g/mol. The minimum Gasteiger partial charge on any atom is -0.309 e. The van der Waals surface area contributed by atoms with E-state index < -0.39 is 0 Å². The molecular formula is C14H21N3S. The highest BCUT2D eigenvalue weighted by Crippen LogP contribution is 2.23. The molecule has 2 aromatic rings. The number of aryl methyl sites for hydroxylation is 2. The van der Waals surface area contributed by atoms with Crippen LogP contribution in [0.5, 0.6) is 0 Å². The Hall–Kier alpha value is -1.13. The van der Waals surface area contributed by atoms with Crippen molar-refractivity contribution in [1.29, 1.82) is 0 Å². The molecule has 18 heavy (non-hydrogen) atoms. The summed E-state index contributed by atoms with van der Waals surface area (Å²) in [5.41, 5.74) is 0. The van der Waals surface area contributed by atoms with Gasteiger partial charge in [0.15, 0.2) is 0 Å². The van der Waals surface area contributed by atoms with Crippen LogP contribution < -0.4 is 5.32 Å². The first-order chi connectivity index (χ1) is 8.79. The van der Waals surface area contributed by atoms with Crippen LogP contribution in [0, 0.1) is 0 Å². The zero-order valence-corrected chi connectivity index (χ0v) is 11.9. The zero-order chi connectivity index (χ0) is 12.8. The lowest BCUT2D eigenvalue weighted by Crippen LogP contribution is -2.20. The summed E-state index contributed by atoms with van der Waals surface area (Å²) in [6, 6.07) is 6.90. The van der Waals surface area contributed by atoms with Gasteiger partial charge in [-0.05, 0) is 44.5 Å². The molecule has 0 radical (unpaired) electrons. The molecule has 2 aromatic heterocycles. The van der Waals surface area contributed by atoms with E-state index in [4.69, 9.17) is 0 Å². The van der Waals surface area contributed by atoms with Crippen LogP contribution >= 0.6 is 11.3 Å². The number of aromatic nitrogens is 2. The van der Waals surface area contributed by atoms with Gasteiger partial charge in [-0.15, -0.1) is 11.3 Å². The first-order valence-electron chi connectivity index (χ1n) is 6.59. The summed E-state index contributed by atoms with van der Waals surface area (Å²) in [4.78, 5) is 2.90. The molecule has 0 saturated carbocycles. The Kier molecular flexibility index (Phi) is 4.96. The lowest BCUT2D eigenvalue weighted by atomic mass is 10.2. The van der Waals surface area contributed by atoms with E-state index in [0.29, 0.717) is 6.04 Å². The molecule has 0 bridgehead atoms. The molecule has 3 nitrogen and oxygen atoms in total. The predicted molar refractivity (Wildman–Crippen MR) is 77.0 cm³/mol. The summed E-state index contributed by atoms with van der Waals surface area (Å²) in [5, 5.41) is 7.76. The third kappa shape index (κ3) is 3.68. The molecule has 0 aliphatic carbocycles. The fraction of sp³-hybridized carbons (Fsp3) is 0.500. The Labute approximate surface area is 113 Å². The maximum Gasteiger partial charge on any atom is 0.0489 e. The monoisotopic (exact) mass is 263 g/mol. The molecule has 1 atom stereocenters. The largest absolute Gasteiger partial charge is 0.309 e. The van der Waals surface area contributed by atoms with Crippen molar-refractivity contribution in [3.63, 3.8) is 0 Å². The van der Waals surface area contributed by atoms with Gasteiger partial charge in [-0.25, -0.2) is 0 Å². The van der Waals surface area contributed by atoms with Gasteiger partial charge in [-0.2, -0.15) is 5.10 Å². The van der Waals surface area contributed by atoms with Crippen molar-refractivity contribution in [3.05, 3.63) is 40.3 Å². The predicted octanol–water partition coefficient (Wildman–Crippen LogP) is 3.25. The number of hydrogen-bond donors (Lipinski definition) is 1. The summed E-state index contributed by atoms with van der Waals surface area (Å²) >= 11 is 1.92. The summed E-state index contributed by atoms with van der Waals surface area (Å²) in [7, 11) is 0. The van der Waals surface area contributed by atoms with Crippen LogP contribution in [0.15, 0.2) is 30.6 Å². The lowest BCUT2D eigenvalue weighted by Gasteiger charge is -2.11. The van der Waals surface area contributed by atoms with Crippen molar-refractivity contribution < 1.29 is 0 Å². The zero-order valence-electron chi connectivity index (χ0n) is 11.1. The molecule has 0 spiro atoms. The fourth-order valence-corrected chi connectivity index (χ4v) is 2.89. The fourth-order valence-electron chi connectivity index (χ4n) is 1.91. The van der Waals surface area contributed by atoms with Crippen LogP contribution in [0.3, 0.4) is 0 Å². The standard InChI is InChI=1S/C14H21N3S/c1-3-13-6-7-14(18-13)12(2)15-8-4-10-17-11-5-9-16-17/h5-7,9,11-12,15H,3-4,8,10H2,1-2H3. The molecule has 4 heteroatoms. The first kappa shape index (κ1) is 13.3. The van der Waals surface area contributed by atoms with E-state index in [1.165, 1.54) is 9.75 Å². The summed E-state index contributed by atoms with van der Waals surface area (Å²) < 4.78 is 1.98. The van der Waals surface area contributed by atoms with Gasteiger partial charge in [0.05, 0.1) is 0 Å². The van der Waals surface area contributed by atoms with Crippen molar-refractivity contribution in [1.82, 2.24) is 15.1 Å². The Morgan fingerprint density at radius 2 is 2.33 bits per heavy atom. The maximum atomic E-state index is 4.20. The number of nitrogens with zero attached hydrogens (tertiary/aromatic N) is 2. The number of thiophene rings is 1. The van der Waals surface area contributed by atoms with Crippen LogP contribution in [0.2, 0.25) is 0 Å². The van der Waals surface area contributed by atoms with Crippen molar-refractivity contribution >= 4 is 11.3 Å². The summed E-state index contributed by atoms with van der Waals surface area (Å²) in [6.45, 7) is 6.45. The average Bonchev–Trinajstić information content (AvgIpc) is 3.05. The molecule has 2 heterocycles. The molecular weight excluding hydrogens is 242 g/mol. The molecule has 2 rings (SSSR count). The van der Waals surface area contributed by atoms with E-state index in [0.717, 1.165) is 25.9 Å². The van der Waals surface area contributed by atoms with Gasteiger partial charge in [0, 0.05) is 34.7 Å². The highest BCUT2D eigenvalue weighted by molar-refractivity contribution is 7.12. The SMILES string of the molecule is CCc1ccc(C(C)NCCCn2cccn2)s1. The maximum absolute atomic E-state index is 4.20. The third-order valence-electron chi connectivity index (χ3n) is 3.03. The smallest absolute Gasteiger partial charge is 0.0489 e. The van der Waals surface area contributed by atoms with E-state index in [2.05, 4.69) is 36.4 Å². The number of hydrogen-bond acceptors (Lipinski definition) is 3. The quantitative estimate of drug-likeness (QED) is 0.777. The Morgan fingerprint density at radius 1 is 1.44 bits per heavy atom. The molecule has 0 aromatic carbocycles. The van der Waals surface area contributed by atoms with Gasteiger partial charge < -0.3 is 5.32 Å². The molecule has 0 amide bonds. The second-order valence-electron chi connectivity index (χ2n) is 4.46. The van der Waals surface area contributed by atoms with Gasteiger partial charge >= 0.3 is 0 Å². The minimum absolute atomic E-state index is 0.452. The first-order valence-corrected chi connectivity index (χ1v) is 7.40. The molecule has 0 fully saturated rings. The van der Waals surface area contributed by atoms with Crippen LogP contribution in [-0.4, -0.2) is 16.3 Å². The van der Waals surface area contributed by atoms with Gasteiger partial charge in [0.25, 0.3) is 0 Å². The number of rotatable bonds is 7. The normalized spacial score (nSPS) is 12.8. The number of nitrogens with one attached hydrogen (secondary N) is 1. The van der Waals surface area contributed by atoms with Crippen LogP contribution in [0.4, 0.5) is 0 Å². The minimum atomic E-state index is 0.452. The molecule has 0 saturated heterocycles. The van der Waals surface area contributed by atoms with Crippen molar-refractivity contribution in [2.75, 3.05) is 6.54 Å². The summed E-state index contributed by atoms with van der Waals surface area (Å²) in [5.74, 6) is 0. The van der Waals surface area contributed by atoms with Crippen molar-refractivity contribution in [2.45, 2.75) is 39.3 Å². The topological polar surface area (TPSA) is 29.9 Å². The van der Waals surface area contributed by atoms with Crippen LogP contribution in [0.1, 0.15) is 36.1 Å². The van der Waals surface area contributed by atoms with E-state index in [9.17, 15) is 0 Å². The Morgan fingerprint density at radius 3 is 3.00 bits per heavy atom. The van der Waals surface area contributed by atoms with E-state index in [1.807, 2.05) is 34.5 Å². The van der Waals surface area contributed by atoms with Gasteiger partial charge in [-0.1, -0.05) is 6.92 Å². The van der Waals surface area contributed by atoms with Gasteiger partial charge in [-0.3, -0.25) is 4.68 Å². The second kappa shape index (κ2) is 6.71. The molecule has 1 N–H and O–H groups in total. The molecule has 98 valence electrons. The molecule has 1 unspecified atom stereocenters. The molecule has 0 aliphatic rings. The Balaban J connectivity index is 1.69. The molecule has 0 aliphatic heterocycles. The highest BCUT2D eigenvalue weighted by atomic mass is 32.1. The van der Waals surface area contributed by atoms with E-state index in [1.54, 1.807) is 0 Å².